The number of aryl methyl sites for hydroxylation is 1. The summed E-state index contributed by atoms with van der Waals surface area (Å²) in [5.41, 5.74) is 12.0. The Balaban J connectivity index is 2.17. The van der Waals surface area contributed by atoms with Crippen molar-refractivity contribution in [2.45, 2.75) is 31.9 Å². The van der Waals surface area contributed by atoms with Crippen LogP contribution < -0.4 is 16.2 Å². The zero-order chi connectivity index (χ0) is 11.7. The number of amides is 1. The first-order valence-electron chi connectivity index (χ1n) is 5.26. The van der Waals surface area contributed by atoms with Crippen molar-refractivity contribution in [3.05, 3.63) is 23.4 Å². The summed E-state index contributed by atoms with van der Waals surface area (Å²) in [6, 6.07) is 3.57. The zero-order valence-corrected chi connectivity index (χ0v) is 9.14. The molecule has 1 aromatic rings. The number of aromatic nitrogens is 1. The number of primary amides is 1. The largest absolute Gasteiger partial charge is 0.474 e. The molecule has 1 saturated carbocycles. The highest BCUT2D eigenvalue weighted by Gasteiger charge is 2.29. The number of nitrogens with zero attached hydrogens (tertiary/aromatic N) is 1. The fourth-order valence-electron chi connectivity index (χ4n) is 1.67. The van der Waals surface area contributed by atoms with Crippen LogP contribution >= 0.6 is 0 Å². The van der Waals surface area contributed by atoms with Gasteiger partial charge in [-0.2, -0.15) is 0 Å². The van der Waals surface area contributed by atoms with Crippen molar-refractivity contribution in [1.29, 1.82) is 0 Å². The van der Waals surface area contributed by atoms with Gasteiger partial charge >= 0.3 is 0 Å². The third-order valence-electron chi connectivity index (χ3n) is 2.67. The molecule has 0 saturated heterocycles. The minimum Gasteiger partial charge on any atom is -0.474 e. The van der Waals surface area contributed by atoms with Crippen LogP contribution in [0.4, 0.5) is 0 Å². The Labute approximate surface area is 93.8 Å². The van der Waals surface area contributed by atoms with Crippen LogP contribution in [0.3, 0.4) is 0 Å². The van der Waals surface area contributed by atoms with Gasteiger partial charge in [0.25, 0.3) is 5.91 Å². The number of ether oxygens (including phenoxy) is 1. The van der Waals surface area contributed by atoms with Gasteiger partial charge in [0.05, 0.1) is 0 Å². The van der Waals surface area contributed by atoms with E-state index >= 15 is 0 Å². The maximum atomic E-state index is 11.2. The lowest BCUT2D eigenvalue weighted by Gasteiger charge is -2.32. The van der Waals surface area contributed by atoms with Crippen LogP contribution in [0.25, 0.3) is 0 Å². The maximum absolute atomic E-state index is 11.2. The second kappa shape index (κ2) is 4.09. The van der Waals surface area contributed by atoms with Crippen LogP contribution in [0.15, 0.2) is 12.1 Å². The molecule has 0 bridgehead atoms. The molecule has 1 aliphatic rings. The van der Waals surface area contributed by atoms with E-state index in [9.17, 15) is 4.79 Å². The number of carbonyl (C=O) groups is 1. The molecule has 0 aliphatic heterocycles. The fraction of sp³-hybridized carbons (Fsp3) is 0.455. The van der Waals surface area contributed by atoms with Crippen molar-refractivity contribution in [2.75, 3.05) is 0 Å². The van der Waals surface area contributed by atoms with Gasteiger partial charge in [-0.25, -0.2) is 4.98 Å². The van der Waals surface area contributed by atoms with Gasteiger partial charge in [-0.3, -0.25) is 4.79 Å². The van der Waals surface area contributed by atoms with Crippen molar-refractivity contribution >= 4 is 5.91 Å². The molecule has 0 spiro atoms. The lowest BCUT2D eigenvalue weighted by atomic mass is 9.90. The molecule has 86 valence electrons. The highest BCUT2D eigenvalue weighted by atomic mass is 16.5. The molecule has 0 radical (unpaired) electrons. The van der Waals surface area contributed by atoms with Crippen LogP contribution in [0.1, 0.15) is 28.9 Å². The Morgan fingerprint density at radius 1 is 1.50 bits per heavy atom. The average Bonchev–Trinajstić information content (AvgIpc) is 2.15. The lowest BCUT2D eigenvalue weighted by Crippen LogP contribution is -2.43. The monoisotopic (exact) mass is 221 g/mol. The van der Waals surface area contributed by atoms with E-state index in [1.807, 2.05) is 6.92 Å². The molecule has 2 rings (SSSR count). The summed E-state index contributed by atoms with van der Waals surface area (Å²) in [5.74, 6) is -0.199. The van der Waals surface area contributed by atoms with Gasteiger partial charge in [0.2, 0.25) is 5.88 Å². The molecule has 16 heavy (non-hydrogen) atoms. The van der Waals surface area contributed by atoms with Gasteiger partial charge in [-0.1, -0.05) is 0 Å². The minimum absolute atomic E-state index is 0.0578. The van der Waals surface area contributed by atoms with Gasteiger partial charge in [-0.15, -0.1) is 0 Å². The van der Waals surface area contributed by atoms with Crippen LogP contribution in [-0.2, 0) is 0 Å². The van der Waals surface area contributed by atoms with Gasteiger partial charge < -0.3 is 16.2 Å². The van der Waals surface area contributed by atoms with Crippen molar-refractivity contribution in [3.8, 4) is 5.88 Å². The van der Waals surface area contributed by atoms with E-state index in [4.69, 9.17) is 16.2 Å². The molecule has 0 unspecified atom stereocenters. The summed E-state index contributed by atoms with van der Waals surface area (Å²) in [7, 11) is 0. The lowest BCUT2D eigenvalue weighted by molar-refractivity contribution is 0.0895. The molecular formula is C11H15N3O2. The molecular weight excluding hydrogens is 206 g/mol. The Kier molecular flexibility index (Phi) is 2.78. The van der Waals surface area contributed by atoms with Crippen molar-refractivity contribution in [1.82, 2.24) is 4.98 Å². The van der Waals surface area contributed by atoms with Crippen molar-refractivity contribution in [3.63, 3.8) is 0 Å². The first kappa shape index (κ1) is 10.9. The van der Waals surface area contributed by atoms with Crippen molar-refractivity contribution in [2.24, 2.45) is 11.5 Å². The molecule has 1 aromatic heterocycles. The SMILES string of the molecule is Cc1ccc(C(N)=O)c(OC2CC(N)C2)n1. The average molecular weight is 221 g/mol. The van der Waals surface area contributed by atoms with E-state index in [0.29, 0.717) is 11.4 Å². The summed E-state index contributed by atoms with van der Waals surface area (Å²) >= 11 is 0. The maximum Gasteiger partial charge on any atom is 0.254 e. The Morgan fingerprint density at radius 2 is 2.19 bits per heavy atom. The molecule has 1 heterocycles. The number of hydrogen-bond donors (Lipinski definition) is 2. The van der Waals surface area contributed by atoms with E-state index in [2.05, 4.69) is 4.98 Å². The predicted molar refractivity (Wildman–Crippen MR) is 59.1 cm³/mol. The summed E-state index contributed by atoms with van der Waals surface area (Å²) in [6.45, 7) is 1.84. The number of nitrogens with two attached hydrogens (primary N) is 2. The molecule has 0 aromatic carbocycles. The first-order valence-corrected chi connectivity index (χ1v) is 5.26. The van der Waals surface area contributed by atoms with Gasteiger partial charge in [-0.05, 0) is 31.9 Å². The van der Waals surface area contributed by atoms with Crippen LogP contribution in [0, 0.1) is 6.92 Å². The molecule has 5 nitrogen and oxygen atoms in total. The highest BCUT2D eigenvalue weighted by Crippen LogP contribution is 2.25. The Hall–Kier alpha value is -1.62. The van der Waals surface area contributed by atoms with Gasteiger partial charge in [0.15, 0.2) is 0 Å². The molecule has 4 N–H and O–H groups in total. The fourth-order valence-corrected chi connectivity index (χ4v) is 1.67. The van der Waals surface area contributed by atoms with Crippen molar-refractivity contribution < 1.29 is 9.53 Å². The highest BCUT2D eigenvalue weighted by molar-refractivity contribution is 5.95. The predicted octanol–water partition coefficient (Wildman–Crippen LogP) is 0.357. The minimum atomic E-state index is -0.522. The van der Waals surface area contributed by atoms with Crippen LogP contribution in [0.2, 0.25) is 0 Å². The molecule has 1 fully saturated rings. The topological polar surface area (TPSA) is 91.2 Å². The standard InChI is InChI=1S/C11H15N3O2/c1-6-2-3-9(10(13)15)11(14-6)16-8-4-7(12)5-8/h2-3,7-8H,4-5,12H2,1H3,(H2,13,15). The zero-order valence-electron chi connectivity index (χ0n) is 9.14. The van der Waals surface area contributed by atoms with Crippen LogP contribution in [-0.4, -0.2) is 23.0 Å². The molecule has 1 aliphatic carbocycles. The van der Waals surface area contributed by atoms with E-state index in [1.54, 1.807) is 12.1 Å². The summed E-state index contributed by atoms with van der Waals surface area (Å²) in [4.78, 5) is 15.3. The second-order valence-electron chi connectivity index (χ2n) is 4.14. The number of pyridine rings is 1. The van der Waals surface area contributed by atoms with E-state index in [-0.39, 0.29) is 12.1 Å². The first-order chi connectivity index (χ1) is 7.56. The van der Waals surface area contributed by atoms with E-state index < -0.39 is 5.91 Å². The molecule has 5 heteroatoms. The third-order valence-corrected chi connectivity index (χ3v) is 2.67. The van der Waals surface area contributed by atoms with E-state index in [0.717, 1.165) is 18.5 Å². The number of carbonyl (C=O) groups excluding carboxylic acids is 1. The normalized spacial score (nSPS) is 23.6. The summed E-state index contributed by atoms with van der Waals surface area (Å²) in [6.07, 6.45) is 1.66. The van der Waals surface area contributed by atoms with E-state index in [1.165, 1.54) is 0 Å². The molecule has 0 atom stereocenters. The second-order valence-corrected chi connectivity index (χ2v) is 4.14. The van der Waals surface area contributed by atoms with Crippen LogP contribution in [0.5, 0.6) is 5.88 Å². The van der Waals surface area contributed by atoms with Gasteiger partial charge in [0, 0.05) is 11.7 Å². The summed E-state index contributed by atoms with van der Waals surface area (Å²) < 4.78 is 5.60. The number of rotatable bonds is 3. The van der Waals surface area contributed by atoms with Gasteiger partial charge in [0.1, 0.15) is 11.7 Å². The quantitative estimate of drug-likeness (QED) is 0.770. The Morgan fingerprint density at radius 3 is 2.75 bits per heavy atom. The smallest absolute Gasteiger partial charge is 0.254 e. The molecule has 1 amide bonds. The third kappa shape index (κ3) is 2.14. The summed E-state index contributed by atoms with van der Waals surface area (Å²) in [5, 5.41) is 0. The Bertz CT molecular complexity index is 414. The number of hydrogen-bond acceptors (Lipinski definition) is 4.